The van der Waals surface area contributed by atoms with Gasteiger partial charge in [0.05, 0.1) is 32.0 Å². The zero-order valence-electron chi connectivity index (χ0n) is 51.5. The third-order valence-electron chi connectivity index (χ3n) is 16.7. The van der Waals surface area contributed by atoms with Crippen LogP contribution < -0.4 is 5.32 Å². The third kappa shape index (κ3) is 37.4. The number of allylic oxidation sites excluding steroid dienone is 5. The lowest BCUT2D eigenvalue weighted by Crippen LogP contribution is -2.65. The minimum absolute atomic E-state index is 0.252. The second kappa shape index (κ2) is 52.5. The number of carbonyl (C=O) groups excluding carboxylic acids is 1. The number of hydrogen-bond donors (Lipinski definition) is 9. The van der Waals surface area contributed by atoms with Crippen molar-refractivity contribution in [3.8, 4) is 0 Å². The summed E-state index contributed by atoms with van der Waals surface area (Å²) in [5.41, 5.74) is 0. The van der Waals surface area contributed by atoms with E-state index >= 15 is 0 Å². The molecule has 0 spiro atoms. The van der Waals surface area contributed by atoms with Gasteiger partial charge in [-0.3, -0.25) is 4.79 Å². The minimum Gasteiger partial charge on any atom is -0.394 e. The second-order valence-electron chi connectivity index (χ2n) is 24.0. The summed E-state index contributed by atoms with van der Waals surface area (Å²) in [5, 5.41) is 86.8. The van der Waals surface area contributed by atoms with E-state index in [9.17, 15) is 45.6 Å². The number of aliphatic hydroxyl groups excluding tert-OH is 8. The average Bonchev–Trinajstić information content (AvgIpc) is 3.50. The molecule has 0 saturated carbocycles. The van der Waals surface area contributed by atoms with Crippen molar-refractivity contribution >= 4 is 5.91 Å². The molecule has 9 N–H and O–H groups in total. The van der Waals surface area contributed by atoms with Crippen LogP contribution in [0, 0.1) is 0 Å². The number of carbonyl (C=O) groups is 1. The summed E-state index contributed by atoms with van der Waals surface area (Å²) in [5.74, 6) is -0.252. The van der Waals surface area contributed by atoms with Crippen molar-refractivity contribution in [2.75, 3.05) is 19.8 Å². The molecule has 476 valence electrons. The maximum absolute atomic E-state index is 13.2. The summed E-state index contributed by atoms with van der Waals surface area (Å²) in [6.45, 7) is 2.55. The van der Waals surface area contributed by atoms with Gasteiger partial charge in [-0.2, -0.15) is 0 Å². The van der Waals surface area contributed by atoms with Gasteiger partial charge in [0, 0.05) is 6.42 Å². The highest BCUT2D eigenvalue weighted by Crippen LogP contribution is 2.30. The summed E-state index contributed by atoms with van der Waals surface area (Å²) >= 11 is 0. The number of rotatable bonds is 55. The van der Waals surface area contributed by atoms with E-state index in [2.05, 4.69) is 30.5 Å². The van der Waals surface area contributed by atoms with Crippen LogP contribution in [0.2, 0.25) is 0 Å². The Bertz CT molecular complexity index is 1500. The maximum Gasteiger partial charge on any atom is 0.220 e. The van der Waals surface area contributed by atoms with Gasteiger partial charge in [-0.25, -0.2) is 0 Å². The largest absolute Gasteiger partial charge is 0.394 e. The normalized spacial score (nSPS) is 24.3. The lowest BCUT2D eigenvalue weighted by Gasteiger charge is -2.46. The minimum atomic E-state index is -1.79. The first kappa shape index (κ1) is 75.3. The van der Waals surface area contributed by atoms with E-state index < -0.39 is 86.8 Å². The van der Waals surface area contributed by atoms with E-state index in [1.54, 1.807) is 6.08 Å². The maximum atomic E-state index is 13.2. The summed E-state index contributed by atoms with van der Waals surface area (Å²) in [7, 11) is 0. The number of ether oxygens (including phenoxy) is 4. The topological polar surface area (TPSA) is 228 Å². The van der Waals surface area contributed by atoms with Crippen molar-refractivity contribution in [3.05, 3.63) is 36.5 Å². The van der Waals surface area contributed by atoms with Crippen molar-refractivity contribution in [1.82, 2.24) is 5.32 Å². The van der Waals surface area contributed by atoms with Gasteiger partial charge < -0.3 is 65.1 Å². The first-order chi connectivity index (χ1) is 39.6. The molecule has 2 saturated heterocycles. The molecule has 2 rings (SSSR count). The fourth-order valence-electron chi connectivity index (χ4n) is 11.3. The van der Waals surface area contributed by atoms with Gasteiger partial charge in [0.1, 0.15) is 48.8 Å². The van der Waals surface area contributed by atoms with E-state index in [1.807, 2.05) is 19.1 Å². The zero-order chi connectivity index (χ0) is 58.8. The van der Waals surface area contributed by atoms with Gasteiger partial charge in [0.25, 0.3) is 0 Å². The molecule has 0 aromatic rings. The predicted molar refractivity (Wildman–Crippen MR) is 328 cm³/mol. The molecule has 0 radical (unpaired) electrons. The molecule has 2 heterocycles. The van der Waals surface area contributed by atoms with Crippen LogP contribution in [0.4, 0.5) is 0 Å². The standard InChI is InChI=1S/C67H125NO13/c1-3-5-7-9-11-13-14-15-16-17-18-19-20-21-22-23-24-25-26-27-28-29-30-31-32-33-34-35-36-37-38-39-40-41-43-45-47-49-51-59(72)68-55(56(71)50-48-46-44-42-12-10-8-6-4-2)54-78-66-64(77)62(75)65(58(53-70)80-66)81-67-63(76)61(74)60(73)57(52-69)79-67/h4,6,12,42,48,50,55-58,60-67,69-71,73-77H,3,5,7-11,13-41,43-47,49,51-54H2,1-2H3,(H,68,72)/b6-4+,42-12+,50-48+. The van der Waals surface area contributed by atoms with E-state index in [-0.39, 0.29) is 18.9 Å². The second-order valence-corrected chi connectivity index (χ2v) is 24.0. The molecule has 0 aromatic carbocycles. The fraction of sp³-hybridized carbons (Fsp3) is 0.896. The van der Waals surface area contributed by atoms with E-state index in [0.29, 0.717) is 12.8 Å². The Morgan fingerprint density at radius 1 is 0.457 bits per heavy atom. The molecular weight excluding hydrogens is 1030 g/mol. The molecular formula is C67H125NO13. The first-order valence-electron chi connectivity index (χ1n) is 33.7. The zero-order valence-corrected chi connectivity index (χ0v) is 51.5. The van der Waals surface area contributed by atoms with Crippen LogP contribution in [-0.2, 0) is 23.7 Å². The number of hydrogen-bond acceptors (Lipinski definition) is 13. The van der Waals surface area contributed by atoms with E-state index in [0.717, 1.165) is 38.5 Å². The quantitative estimate of drug-likeness (QED) is 0.0204. The third-order valence-corrected chi connectivity index (χ3v) is 16.7. The molecule has 12 atom stereocenters. The molecule has 2 fully saturated rings. The van der Waals surface area contributed by atoms with Crippen LogP contribution >= 0.6 is 0 Å². The molecule has 14 nitrogen and oxygen atoms in total. The first-order valence-corrected chi connectivity index (χ1v) is 33.7. The van der Waals surface area contributed by atoms with E-state index in [4.69, 9.17) is 18.9 Å². The SMILES string of the molecule is C/C=C/CC/C=C/CC/C=C/C(O)C(COC1OC(CO)C(OC2OC(CO)C(O)C(O)C2O)C(O)C1O)NC(=O)CCCCCCCCCCCCCCCCCCCCCCCCCCCCCCCCCCCCCCCC. The molecule has 2 aliphatic heterocycles. The number of aliphatic hydroxyl groups is 8. The van der Waals surface area contributed by atoms with Gasteiger partial charge in [0.15, 0.2) is 12.6 Å². The lowest BCUT2D eigenvalue weighted by molar-refractivity contribution is -0.359. The van der Waals surface area contributed by atoms with Gasteiger partial charge in [-0.05, 0) is 39.0 Å². The average molecular weight is 1150 g/mol. The summed E-state index contributed by atoms with van der Waals surface area (Å²) < 4.78 is 22.7. The van der Waals surface area contributed by atoms with Crippen molar-refractivity contribution in [1.29, 1.82) is 0 Å². The number of amides is 1. The Hall–Kier alpha value is -1.79. The van der Waals surface area contributed by atoms with Crippen LogP contribution in [0.1, 0.15) is 290 Å². The fourth-order valence-corrected chi connectivity index (χ4v) is 11.3. The van der Waals surface area contributed by atoms with Crippen LogP contribution in [0.15, 0.2) is 36.5 Å². The van der Waals surface area contributed by atoms with Gasteiger partial charge in [-0.15, -0.1) is 0 Å². The Kier molecular flexibility index (Phi) is 48.8. The van der Waals surface area contributed by atoms with Crippen LogP contribution in [0.5, 0.6) is 0 Å². The number of nitrogens with one attached hydrogen (secondary N) is 1. The van der Waals surface area contributed by atoms with Crippen molar-refractivity contribution in [3.63, 3.8) is 0 Å². The van der Waals surface area contributed by atoms with Crippen molar-refractivity contribution < 1.29 is 64.6 Å². The molecule has 0 aromatic heterocycles. The molecule has 81 heavy (non-hydrogen) atoms. The van der Waals surface area contributed by atoms with Crippen LogP contribution in [-0.4, -0.2) is 140 Å². The molecule has 12 unspecified atom stereocenters. The molecule has 2 aliphatic rings. The number of unbranched alkanes of at least 4 members (excludes halogenated alkanes) is 39. The Balaban J connectivity index is 1.51. The molecule has 0 aliphatic carbocycles. The Morgan fingerprint density at radius 3 is 1.21 bits per heavy atom. The highest BCUT2D eigenvalue weighted by molar-refractivity contribution is 5.76. The monoisotopic (exact) mass is 1150 g/mol. The molecule has 0 bridgehead atoms. The Labute approximate surface area is 493 Å². The molecule has 1 amide bonds. The highest BCUT2D eigenvalue weighted by Gasteiger charge is 2.51. The van der Waals surface area contributed by atoms with Gasteiger partial charge in [-0.1, -0.05) is 281 Å². The summed E-state index contributed by atoms with van der Waals surface area (Å²) in [4.78, 5) is 13.2. The Morgan fingerprint density at radius 2 is 0.815 bits per heavy atom. The predicted octanol–water partition coefficient (Wildman–Crippen LogP) is 13.0. The van der Waals surface area contributed by atoms with E-state index in [1.165, 1.54) is 218 Å². The van der Waals surface area contributed by atoms with Crippen molar-refractivity contribution in [2.45, 2.75) is 364 Å². The molecule has 14 heteroatoms. The highest BCUT2D eigenvalue weighted by atomic mass is 16.7. The van der Waals surface area contributed by atoms with Gasteiger partial charge in [0.2, 0.25) is 5.91 Å². The van der Waals surface area contributed by atoms with Crippen molar-refractivity contribution in [2.24, 2.45) is 0 Å². The van der Waals surface area contributed by atoms with Crippen LogP contribution in [0.25, 0.3) is 0 Å². The van der Waals surface area contributed by atoms with Crippen LogP contribution in [0.3, 0.4) is 0 Å². The summed E-state index contributed by atoms with van der Waals surface area (Å²) in [6.07, 6.45) is 50.1. The smallest absolute Gasteiger partial charge is 0.220 e. The van der Waals surface area contributed by atoms with Gasteiger partial charge >= 0.3 is 0 Å². The lowest BCUT2D eigenvalue weighted by atomic mass is 9.97. The summed E-state index contributed by atoms with van der Waals surface area (Å²) in [6, 6.07) is -0.934.